The molecule has 1 aromatic rings. The van der Waals surface area contributed by atoms with Crippen LogP contribution >= 0.6 is 0 Å². The molecule has 0 spiro atoms. The molecule has 2 heterocycles. The van der Waals surface area contributed by atoms with Crippen molar-refractivity contribution in [2.75, 3.05) is 32.2 Å². The summed E-state index contributed by atoms with van der Waals surface area (Å²) < 4.78 is 22.5. The fourth-order valence-corrected chi connectivity index (χ4v) is 2.94. The number of carbonyl (C=O) groups is 1. The predicted molar refractivity (Wildman–Crippen MR) is 88.1 cm³/mol. The quantitative estimate of drug-likeness (QED) is 0.840. The first-order valence-corrected chi connectivity index (χ1v) is 8.10. The molecule has 132 valence electrons. The average Bonchev–Trinajstić information content (AvgIpc) is 2.94. The Kier molecular flexibility index (Phi) is 4.93. The van der Waals surface area contributed by atoms with Gasteiger partial charge in [-0.25, -0.2) is 0 Å². The van der Waals surface area contributed by atoms with Crippen LogP contribution in [0.5, 0.6) is 5.75 Å². The molecular formula is C17H24N2O5. The van der Waals surface area contributed by atoms with E-state index in [0.717, 1.165) is 11.4 Å². The third-order valence-corrected chi connectivity index (χ3v) is 4.14. The molecule has 2 fully saturated rings. The van der Waals surface area contributed by atoms with Gasteiger partial charge in [0.15, 0.2) is 11.9 Å². The van der Waals surface area contributed by atoms with Gasteiger partial charge < -0.3 is 29.6 Å². The van der Waals surface area contributed by atoms with Crippen LogP contribution in [0.2, 0.25) is 0 Å². The number of hydrogen-bond donors (Lipinski definition) is 2. The van der Waals surface area contributed by atoms with Crippen molar-refractivity contribution in [3.63, 3.8) is 0 Å². The Morgan fingerprint density at radius 2 is 2.08 bits per heavy atom. The summed E-state index contributed by atoms with van der Waals surface area (Å²) in [5.74, 6) is -0.0405. The van der Waals surface area contributed by atoms with Gasteiger partial charge in [-0.3, -0.25) is 4.79 Å². The van der Waals surface area contributed by atoms with Crippen molar-refractivity contribution >= 4 is 11.6 Å². The number of amides is 1. The van der Waals surface area contributed by atoms with E-state index in [1.807, 2.05) is 38.1 Å². The molecule has 3 rings (SSSR count). The minimum atomic E-state index is -0.671. The van der Waals surface area contributed by atoms with Gasteiger partial charge in [0.2, 0.25) is 0 Å². The van der Waals surface area contributed by atoms with Crippen molar-refractivity contribution in [1.29, 1.82) is 0 Å². The van der Waals surface area contributed by atoms with Crippen LogP contribution < -0.4 is 15.4 Å². The second-order valence-electron chi connectivity index (χ2n) is 6.35. The highest BCUT2D eigenvalue weighted by molar-refractivity contribution is 5.82. The Hall–Kier alpha value is -1.83. The van der Waals surface area contributed by atoms with E-state index < -0.39 is 11.9 Å². The second kappa shape index (κ2) is 6.96. The van der Waals surface area contributed by atoms with Crippen molar-refractivity contribution in [2.24, 2.45) is 0 Å². The normalized spacial score (nSPS) is 27.4. The van der Waals surface area contributed by atoms with Crippen LogP contribution in [0.1, 0.15) is 13.8 Å². The lowest BCUT2D eigenvalue weighted by Gasteiger charge is -2.34. The summed E-state index contributed by atoms with van der Waals surface area (Å²) in [7, 11) is 1.62. The maximum absolute atomic E-state index is 12.3. The van der Waals surface area contributed by atoms with Crippen LogP contribution in [-0.2, 0) is 19.0 Å². The van der Waals surface area contributed by atoms with Gasteiger partial charge >= 0.3 is 0 Å². The third-order valence-electron chi connectivity index (χ3n) is 4.14. The van der Waals surface area contributed by atoms with Gasteiger partial charge in [0, 0.05) is 12.2 Å². The molecule has 0 saturated carbocycles. The molecule has 0 aromatic heterocycles. The SMILES string of the molecule is COc1ccc(N[C@@H]([C@@H]2COC(C)(C)O2)[C@@H]2OCCNC2=O)cc1. The first-order valence-electron chi connectivity index (χ1n) is 8.10. The summed E-state index contributed by atoms with van der Waals surface area (Å²) in [6.45, 7) is 5.12. The number of methoxy groups -OCH3 is 1. The molecule has 24 heavy (non-hydrogen) atoms. The van der Waals surface area contributed by atoms with Crippen LogP contribution in [0.15, 0.2) is 24.3 Å². The Morgan fingerprint density at radius 1 is 1.33 bits per heavy atom. The molecule has 2 N–H and O–H groups in total. The molecule has 3 atom stereocenters. The number of rotatable bonds is 5. The van der Waals surface area contributed by atoms with E-state index in [0.29, 0.717) is 19.8 Å². The van der Waals surface area contributed by atoms with Crippen molar-refractivity contribution in [2.45, 2.75) is 37.9 Å². The van der Waals surface area contributed by atoms with Gasteiger partial charge in [-0.15, -0.1) is 0 Å². The lowest BCUT2D eigenvalue weighted by Crippen LogP contribution is -2.57. The number of benzene rings is 1. The predicted octanol–water partition coefficient (Wildman–Crippen LogP) is 1.14. The van der Waals surface area contributed by atoms with E-state index in [-0.39, 0.29) is 18.1 Å². The zero-order valence-electron chi connectivity index (χ0n) is 14.2. The first kappa shape index (κ1) is 17.0. The summed E-state index contributed by atoms with van der Waals surface area (Å²) >= 11 is 0. The number of anilines is 1. The number of hydrogen-bond acceptors (Lipinski definition) is 6. The molecule has 2 saturated heterocycles. The van der Waals surface area contributed by atoms with Crippen LogP contribution in [0.25, 0.3) is 0 Å². The van der Waals surface area contributed by atoms with Gasteiger partial charge in [0.1, 0.15) is 11.9 Å². The molecule has 2 aliphatic rings. The van der Waals surface area contributed by atoms with E-state index in [2.05, 4.69) is 10.6 Å². The highest BCUT2D eigenvalue weighted by Gasteiger charge is 2.44. The lowest BCUT2D eigenvalue weighted by atomic mass is 10.0. The number of ether oxygens (including phenoxy) is 4. The molecule has 1 amide bonds. The van der Waals surface area contributed by atoms with E-state index in [9.17, 15) is 4.79 Å². The topological polar surface area (TPSA) is 78.1 Å². The largest absolute Gasteiger partial charge is 0.497 e. The van der Waals surface area contributed by atoms with E-state index in [4.69, 9.17) is 18.9 Å². The Bertz CT molecular complexity index is 575. The summed E-state index contributed by atoms with van der Waals surface area (Å²) in [6.07, 6.45) is -0.931. The van der Waals surface area contributed by atoms with Crippen LogP contribution in [-0.4, -0.2) is 56.8 Å². The summed E-state index contributed by atoms with van der Waals surface area (Å²) in [4.78, 5) is 12.3. The maximum Gasteiger partial charge on any atom is 0.251 e. The highest BCUT2D eigenvalue weighted by atomic mass is 16.7. The van der Waals surface area contributed by atoms with Crippen LogP contribution in [0, 0.1) is 0 Å². The monoisotopic (exact) mass is 336 g/mol. The smallest absolute Gasteiger partial charge is 0.251 e. The Balaban J connectivity index is 1.79. The van der Waals surface area contributed by atoms with Gasteiger partial charge in [-0.05, 0) is 38.1 Å². The molecular weight excluding hydrogens is 312 g/mol. The van der Waals surface area contributed by atoms with E-state index in [1.54, 1.807) is 7.11 Å². The first-order chi connectivity index (χ1) is 11.5. The van der Waals surface area contributed by atoms with Crippen molar-refractivity contribution in [3.05, 3.63) is 24.3 Å². The molecule has 2 aliphatic heterocycles. The molecule has 0 aliphatic carbocycles. The molecule has 7 nitrogen and oxygen atoms in total. The van der Waals surface area contributed by atoms with Crippen molar-refractivity contribution < 1.29 is 23.7 Å². The highest BCUT2D eigenvalue weighted by Crippen LogP contribution is 2.28. The summed E-state index contributed by atoms with van der Waals surface area (Å²) in [5.41, 5.74) is 0.857. The fraction of sp³-hybridized carbons (Fsp3) is 0.588. The second-order valence-corrected chi connectivity index (χ2v) is 6.35. The number of carbonyl (C=O) groups excluding carboxylic acids is 1. The zero-order valence-corrected chi connectivity index (χ0v) is 14.2. The molecule has 0 radical (unpaired) electrons. The van der Waals surface area contributed by atoms with Gasteiger partial charge in [0.05, 0.1) is 26.4 Å². The van der Waals surface area contributed by atoms with Crippen LogP contribution in [0.3, 0.4) is 0 Å². The number of morpholine rings is 1. The maximum atomic E-state index is 12.3. The average molecular weight is 336 g/mol. The van der Waals surface area contributed by atoms with Crippen LogP contribution in [0.4, 0.5) is 5.69 Å². The molecule has 0 bridgehead atoms. The lowest BCUT2D eigenvalue weighted by molar-refractivity contribution is -0.153. The van der Waals surface area contributed by atoms with Crippen molar-refractivity contribution in [3.8, 4) is 5.75 Å². The Labute approximate surface area is 141 Å². The molecule has 1 aromatic carbocycles. The van der Waals surface area contributed by atoms with E-state index in [1.165, 1.54) is 0 Å². The fourth-order valence-electron chi connectivity index (χ4n) is 2.94. The van der Waals surface area contributed by atoms with Crippen molar-refractivity contribution in [1.82, 2.24) is 5.32 Å². The summed E-state index contributed by atoms with van der Waals surface area (Å²) in [5, 5.41) is 6.20. The summed E-state index contributed by atoms with van der Waals surface area (Å²) in [6, 6.07) is 7.15. The van der Waals surface area contributed by atoms with Gasteiger partial charge in [-0.2, -0.15) is 0 Å². The van der Waals surface area contributed by atoms with Gasteiger partial charge in [-0.1, -0.05) is 0 Å². The number of nitrogens with one attached hydrogen (secondary N) is 2. The molecule has 0 unspecified atom stereocenters. The zero-order chi connectivity index (χ0) is 17.2. The molecule has 7 heteroatoms. The minimum absolute atomic E-state index is 0.138. The third kappa shape index (κ3) is 3.80. The Morgan fingerprint density at radius 3 is 2.67 bits per heavy atom. The standard InChI is InChI=1S/C17H24N2O5/c1-17(2)23-10-13(24-17)14(15-16(20)18-8-9-22-15)19-11-4-6-12(21-3)7-5-11/h4-7,13-15,19H,8-10H2,1-3H3,(H,18,20)/t13-,14-,15-/m0/s1. The minimum Gasteiger partial charge on any atom is -0.497 e. The van der Waals surface area contributed by atoms with Gasteiger partial charge in [0.25, 0.3) is 5.91 Å². The van der Waals surface area contributed by atoms with E-state index >= 15 is 0 Å².